The summed E-state index contributed by atoms with van der Waals surface area (Å²) >= 11 is 0. The molecule has 0 aliphatic carbocycles. The van der Waals surface area contributed by atoms with Gasteiger partial charge in [0.2, 0.25) is 8.32 Å². The summed E-state index contributed by atoms with van der Waals surface area (Å²) in [6.45, 7) is 10.6. The molecule has 0 fully saturated rings. The van der Waals surface area contributed by atoms with Crippen LogP contribution in [0.25, 0.3) is 10.8 Å². The molecule has 110 valence electrons. The Labute approximate surface area is 127 Å². The van der Waals surface area contributed by atoms with Gasteiger partial charge >= 0.3 is 0 Å². The van der Waals surface area contributed by atoms with Gasteiger partial charge in [0.1, 0.15) is 11.6 Å². The molecule has 3 heteroatoms. The smallest absolute Gasteiger partial charge is 0.242 e. The molecule has 0 saturated heterocycles. The second-order valence-electron chi connectivity index (χ2n) is 6.55. The average Bonchev–Trinajstić information content (AvgIpc) is 2.36. The van der Waals surface area contributed by atoms with E-state index in [1.54, 1.807) is 6.07 Å². The Morgan fingerprint density at radius 1 is 1.19 bits per heavy atom. The monoisotopic (exact) mass is 300 g/mol. The van der Waals surface area contributed by atoms with Crippen molar-refractivity contribution in [1.29, 1.82) is 0 Å². The van der Waals surface area contributed by atoms with E-state index in [0.717, 1.165) is 22.1 Å². The molecule has 0 spiro atoms. The molecule has 2 aromatic carbocycles. The standard InChI is InChI=1S/C18H21FOSi/c1-7-15-17(19)9-8-13-10-14(20-21(4,5)6)11-16(12(2)3)18(13)15/h1,8-12H,2-6H3. The molecule has 2 rings (SSSR count). The Morgan fingerprint density at radius 3 is 2.38 bits per heavy atom. The van der Waals surface area contributed by atoms with E-state index in [0.29, 0.717) is 5.56 Å². The quantitative estimate of drug-likeness (QED) is 0.552. The van der Waals surface area contributed by atoms with Gasteiger partial charge in [0, 0.05) is 5.39 Å². The molecule has 0 aromatic heterocycles. The predicted octanol–water partition coefficient (Wildman–Crippen LogP) is 5.30. The Morgan fingerprint density at radius 2 is 1.86 bits per heavy atom. The predicted molar refractivity (Wildman–Crippen MR) is 89.9 cm³/mol. The van der Waals surface area contributed by atoms with Crippen molar-refractivity contribution < 1.29 is 8.82 Å². The highest BCUT2D eigenvalue weighted by Crippen LogP contribution is 2.34. The van der Waals surface area contributed by atoms with Crippen molar-refractivity contribution in [2.24, 2.45) is 0 Å². The van der Waals surface area contributed by atoms with Gasteiger partial charge < -0.3 is 4.43 Å². The molecule has 21 heavy (non-hydrogen) atoms. The second-order valence-corrected chi connectivity index (χ2v) is 11.0. The lowest BCUT2D eigenvalue weighted by molar-refractivity contribution is 0.557. The Bertz CT molecular complexity index is 721. The first-order valence-corrected chi connectivity index (χ1v) is 10.6. The van der Waals surface area contributed by atoms with Crippen molar-refractivity contribution in [3.63, 3.8) is 0 Å². The lowest BCUT2D eigenvalue weighted by Gasteiger charge is -2.22. The number of benzene rings is 2. The van der Waals surface area contributed by atoms with Gasteiger partial charge in [-0.15, -0.1) is 6.42 Å². The maximum atomic E-state index is 14.0. The van der Waals surface area contributed by atoms with E-state index in [2.05, 4.69) is 39.4 Å². The first-order chi connectivity index (χ1) is 9.73. The first-order valence-electron chi connectivity index (χ1n) is 7.14. The van der Waals surface area contributed by atoms with Crippen molar-refractivity contribution in [3.8, 4) is 18.1 Å². The summed E-state index contributed by atoms with van der Waals surface area (Å²) in [5.41, 5.74) is 1.38. The summed E-state index contributed by atoms with van der Waals surface area (Å²) in [4.78, 5) is 0. The van der Waals surface area contributed by atoms with E-state index in [9.17, 15) is 4.39 Å². The third-order valence-corrected chi connectivity index (χ3v) is 4.11. The summed E-state index contributed by atoms with van der Waals surface area (Å²) < 4.78 is 20.1. The van der Waals surface area contributed by atoms with E-state index >= 15 is 0 Å². The molecule has 0 aliphatic heterocycles. The van der Waals surface area contributed by atoms with E-state index in [1.807, 2.05) is 12.1 Å². The van der Waals surface area contributed by atoms with E-state index in [4.69, 9.17) is 10.8 Å². The Hall–Kier alpha value is -1.79. The SMILES string of the molecule is C#Cc1c(F)ccc2cc(O[Si](C)(C)C)cc(C(C)C)c12. The third-order valence-electron chi connectivity index (χ3n) is 3.26. The summed E-state index contributed by atoms with van der Waals surface area (Å²) in [6, 6.07) is 7.17. The number of halogens is 1. The number of rotatable bonds is 3. The van der Waals surface area contributed by atoms with E-state index in [-0.39, 0.29) is 11.7 Å². The highest BCUT2D eigenvalue weighted by atomic mass is 28.4. The maximum Gasteiger partial charge on any atom is 0.242 e. The maximum absolute atomic E-state index is 14.0. The lowest BCUT2D eigenvalue weighted by atomic mass is 9.92. The minimum absolute atomic E-state index is 0.242. The molecule has 1 nitrogen and oxygen atoms in total. The molecule has 0 radical (unpaired) electrons. The summed E-state index contributed by atoms with van der Waals surface area (Å²) in [5.74, 6) is 3.24. The molecule has 0 amide bonds. The largest absolute Gasteiger partial charge is 0.544 e. The van der Waals surface area contributed by atoms with Gasteiger partial charge in [-0.05, 0) is 54.7 Å². The fourth-order valence-corrected chi connectivity index (χ4v) is 3.28. The first kappa shape index (κ1) is 15.6. The molecule has 2 aromatic rings. The number of hydrogen-bond donors (Lipinski definition) is 0. The highest BCUT2D eigenvalue weighted by molar-refractivity contribution is 6.70. The van der Waals surface area contributed by atoms with Gasteiger partial charge in [-0.1, -0.05) is 25.8 Å². The number of fused-ring (bicyclic) bond motifs is 1. The average molecular weight is 300 g/mol. The van der Waals surface area contributed by atoms with Crippen molar-refractivity contribution in [3.05, 3.63) is 41.2 Å². The fraction of sp³-hybridized carbons (Fsp3) is 0.333. The van der Waals surface area contributed by atoms with Crippen LogP contribution in [0.4, 0.5) is 4.39 Å². The molecule has 0 saturated carbocycles. The molecule has 0 N–H and O–H groups in total. The molecule has 0 heterocycles. The number of terminal acetylenes is 1. The van der Waals surface area contributed by atoms with Crippen molar-refractivity contribution in [2.75, 3.05) is 0 Å². The van der Waals surface area contributed by atoms with Gasteiger partial charge in [-0.25, -0.2) is 4.39 Å². The van der Waals surface area contributed by atoms with Crippen LogP contribution >= 0.6 is 0 Å². The lowest BCUT2D eigenvalue weighted by Crippen LogP contribution is -2.29. The number of hydrogen-bond acceptors (Lipinski definition) is 1. The minimum Gasteiger partial charge on any atom is -0.544 e. The van der Waals surface area contributed by atoms with Crippen LogP contribution in [0.5, 0.6) is 5.75 Å². The van der Waals surface area contributed by atoms with Crippen LogP contribution in [0, 0.1) is 18.2 Å². The molecule has 0 unspecified atom stereocenters. The van der Waals surface area contributed by atoms with E-state index < -0.39 is 8.32 Å². The summed E-state index contributed by atoms with van der Waals surface area (Å²) in [7, 11) is -1.69. The van der Waals surface area contributed by atoms with Crippen LogP contribution in [0.2, 0.25) is 19.6 Å². The topological polar surface area (TPSA) is 9.23 Å². The molecule has 0 atom stereocenters. The molecule has 0 aliphatic rings. The van der Waals surface area contributed by atoms with Gasteiger partial charge in [-0.3, -0.25) is 0 Å². The zero-order valence-corrected chi connectivity index (χ0v) is 14.3. The van der Waals surface area contributed by atoms with Gasteiger partial charge in [0.25, 0.3) is 0 Å². The fourth-order valence-electron chi connectivity index (χ4n) is 2.45. The Balaban J connectivity index is 2.77. The van der Waals surface area contributed by atoms with Gasteiger partial charge in [0.15, 0.2) is 0 Å². The van der Waals surface area contributed by atoms with Crippen molar-refractivity contribution >= 4 is 19.1 Å². The second kappa shape index (κ2) is 5.54. The van der Waals surface area contributed by atoms with Crippen molar-refractivity contribution in [1.82, 2.24) is 0 Å². The molecular formula is C18H21FOSi. The molecule has 0 bridgehead atoms. The van der Waals surface area contributed by atoms with Crippen LogP contribution in [0.15, 0.2) is 24.3 Å². The van der Waals surface area contributed by atoms with Crippen LogP contribution in [-0.4, -0.2) is 8.32 Å². The van der Waals surface area contributed by atoms with Crippen LogP contribution in [0.3, 0.4) is 0 Å². The van der Waals surface area contributed by atoms with Crippen LogP contribution < -0.4 is 4.43 Å². The zero-order valence-electron chi connectivity index (χ0n) is 13.3. The Kier molecular flexibility index (Phi) is 4.11. The normalized spacial score (nSPS) is 11.7. The van der Waals surface area contributed by atoms with Gasteiger partial charge in [0.05, 0.1) is 5.56 Å². The van der Waals surface area contributed by atoms with Gasteiger partial charge in [-0.2, -0.15) is 0 Å². The summed E-state index contributed by atoms with van der Waals surface area (Å²) in [6.07, 6.45) is 5.51. The minimum atomic E-state index is -1.69. The van der Waals surface area contributed by atoms with Crippen LogP contribution in [-0.2, 0) is 0 Å². The third kappa shape index (κ3) is 3.28. The zero-order chi connectivity index (χ0) is 15.8. The highest BCUT2D eigenvalue weighted by Gasteiger charge is 2.19. The summed E-state index contributed by atoms with van der Waals surface area (Å²) in [5, 5.41) is 1.76. The van der Waals surface area contributed by atoms with Crippen LogP contribution in [0.1, 0.15) is 30.9 Å². The van der Waals surface area contributed by atoms with Crippen molar-refractivity contribution in [2.45, 2.75) is 39.4 Å². The van der Waals surface area contributed by atoms with E-state index in [1.165, 1.54) is 6.07 Å². The molecular weight excluding hydrogens is 279 g/mol.